The Balaban J connectivity index is 1.40. The summed E-state index contributed by atoms with van der Waals surface area (Å²) < 4.78 is 5.70. The lowest BCUT2D eigenvalue weighted by Crippen LogP contribution is -2.61. The quantitative estimate of drug-likeness (QED) is 0.765. The number of nitrogens with zero attached hydrogens (tertiary/aromatic N) is 1. The fourth-order valence-corrected chi connectivity index (χ4v) is 6.69. The predicted molar refractivity (Wildman–Crippen MR) is 97.6 cm³/mol. The molecule has 4 nitrogen and oxygen atoms in total. The highest BCUT2D eigenvalue weighted by atomic mass is 16.6. The van der Waals surface area contributed by atoms with Crippen LogP contribution >= 0.6 is 0 Å². The molecule has 4 heteroatoms. The molecule has 0 aromatic heterocycles. The Kier molecular flexibility index (Phi) is 3.51. The summed E-state index contributed by atoms with van der Waals surface area (Å²) in [6.45, 7) is 1.79. The van der Waals surface area contributed by atoms with Crippen molar-refractivity contribution >= 4 is 11.9 Å². The van der Waals surface area contributed by atoms with Gasteiger partial charge in [0.2, 0.25) is 0 Å². The lowest BCUT2D eigenvalue weighted by atomic mass is 9.54. The summed E-state index contributed by atoms with van der Waals surface area (Å²) in [6.07, 6.45) is 6.96. The minimum atomic E-state index is -1.09. The molecule has 1 amide bonds. The monoisotopic (exact) mass is 353 g/mol. The summed E-state index contributed by atoms with van der Waals surface area (Å²) in [5, 5.41) is 0. The Morgan fingerprint density at radius 3 is 2.35 bits per heavy atom. The van der Waals surface area contributed by atoms with E-state index >= 15 is 0 Å². The van der Waals surface area contributed by atoms with E-state index in [1.54, 1.807) is 13.0 Å². The minimum absolute atomic E-state index is 0.0298. The molecule has 4 bridgehead atoms. The van der Waals surface area contributed by atoms with Gasteiger partial charge in [-0.3, -0.25) is 4.79 Å². The van der Waals surface area contributed by atoms with Crippen molar-refractivity contribution in [2.24, 2.45) is 23.7 Å². The number of hydrogen-bond donors (Lipinski definition) is 0. The van der Waals surface area contributed by atoms with Crippen LogP contribution in [-0.4, -0.2) is 35.5 Å². The summed E-state index contributed by atoms with van der Waals surface area (Å²) in [4.78, 5) is 27.9. The lowest BCUT2D eigenvalue weighted by Gasteiger charge is -2.57. The number of benzene rings is 1. The zero-order valence-electron chi connectivity index (χ0n) is 15.6. The van der Waals surface area contributed by atoms with Crippen LogP contribution in [0.4, 0.5) is 0 Å². The van der Waals surface area contributed by atoms with Crippen LogP contribution in [0, 0.1) is 23.7 Å². The van der Waals surface area contributed by atoms with Gasteiger partial charge in [-0.05, 0) is 74.3 Å². The van der Waals surface area contributed by atoms with E-state index in [1.165, 1.54) is 32.1 Å². The van der Waals surface area contributed by atoms with Crippen molar-refractivity contribution < 1.29 is 14.3 Å². The Morgan fingerprint density at radius 1 is 1.08 bits per heavy atom. The first-order valence-electron chi connectivity index (χ1n) is 10.0. The van der Waals surface area contributed by atoms with E-state index in [0.717, 1.165) is 17.4 Å². The van der Waals surface area contributed by atoms with Gasteiger partial charge < -0.3 is 9.64 Å². The van der Waals surface area contributed by atoms with Crippen LogP contribution in [0.25, 0.3) is 0 Å². The maximum atomic E-state index is 13.4. The van der Waals surface area contributed by atoms with Crippen LogP contribution in [0.1, 0.15) is 54.9 Å². The molecule has 1 aliphatic heterocycles. The Hall–Kier alpha value is -1.84. The fraction of sp³-hybridized carbons (Fsp3) is 0.636. The van der Waals surface area contributed by atoms with Crippen LogP contribution in [0.15, 0.2) is 24.3 Å². The number of amides is 1. The van der Waals surface area contributed by atoms with Gasteiger partial charge >= 0.3 is 5.97 Å². The van der Waals surface area contributed by atoms with Crippen molar-refractivity contribution in [1.29, 1.82) is 0 Å². The molecular weight excluding hydrogens is 326 g/mol. The van der Waals surface area contributed by atoms with Gasteiger partial charge in [-0.25, -0.2) is 4.79 Å². The summed E-state index contributed by atoms with van der Waals surface area (Å²) in [7, 11) is 1.94. The van der Waals surface area contributed by atoms with Gasteiger partial charge in [-0.1, -0.05) is 18.2 Å². The number of likely N-dealkylation sites (N-methyl/N-ethyl adjacent to an activating group) is 1. The average molecular weight is 353 g/mol. The molecule has 138 valence electrons. The molecule has 1 heterocycles. The standard InChI is InChI=1S/C22H27NO3/c1-22(12-15-5-3-4-6-18(15)20(24)26-22)21(25)23(2)19-16-8-13-7-14(10-16)11-17(19)9-13/h3-6,13-14,16-17,19H,7-12H2,1-2H3. The van der Waals surface area contributed by atoms with Crippen LogP contribution in [0.5, 0.6) is 0 Å². The zero-order chi connectivity index (χ0) is 18.1. The molecule has 1 aromatic carbocycles. The first-order chi connectivity index (χ1) is 12.4. The van der Waals surface area contributed by atoms with E-state index in [1.807, 2.05) is 30.1 Å². The molecule has 1 unspecified atom stereocenters. The van der Waals surface area contributed by atoms with Gasteiger partial charge in [0.15, 0.2) is 5.60 Å². The van der Waals surface area contributed by atoms with E-state index < -0.39 is 5.60 Å². The van der Waals surface area contributed by atoms with Gasteiger partial charge in [0, 0.05) is 19.5 Å². The van der Waals surface area contributed by atoms with Gasteiger partial charge in [-0.2, -0.15) is 0 Å². The molecule has 0 N–H and O–H groups in total. The highest BCUT2D eigenvalue weighted by Crippen LogP contribution is 2.55. The normalized spacial score (nSPS) is 40.1. The molecule has 26 heavy (non-hydrogen) atoms. The smallest absolute Gasteiger partial charge is 0.339 e. The number of fused-ring (bicyclic) bond motifs is 1. The second-order valence-electron chi connectivity index (χ2n) is 9.29. The number of ether oxygens (including phenoxy) is 1. The molecule has 0 saturated heterocycles. The van der Waals surface area contributed by atoms with E-state index in [4.69, 9.17) is 4.74 Å². The molecule has 1 atom stereocenters. The first-order valence-corrected chi connectivity index (χ1v) is 10.0. The molecular formula is C22H27NO3. The van der Waals surface area contributed by atoms with E-state index in [2.05, 4.69) is 0 Å². The maximum Gasteiger partial charge on any atom is 0.339 e. The average Bonchev–Trinajstić information content (AvgIpc) is 2.60. The van der Waals surface area contributed by atoms with Crippen molar-refractivity contribution in [3.05, 3.63) is 35.4 Å². The van der Waals surface area contributed by atoms with E-state index in [-0.39, 0.29) is 11.9 Å². The number of cyclic esters (lactones) is 1. The van der Waals surface area contributed by atoms with Crippen LogP contribution < -0.4 is 0 Å². The van der Waals surface area contributed by atoms with Crippen molar-refractivity contribution in [2.45, 2.75) is 57.1 Å². The third-order valence-corrected chi connectivity index (χ3v) is 7.48. The lowest BCUT2D eigenvalue weighted by molar-refractivity contribution is -0.160. The third-order valence-electron chi connectivity index (χ3n) is 7.48. The largest absolute Gasteiger partial charge is 0.445 e. The SMILES string of the molecule is CN(C(=O)C1(C)Cc2ccccc2C(=O)O1)C1C2CC3CC(C2)CC1C3. The van der Waals surface area contributed by atoms with Gasteiger partial charge in [0.05, 0.1) is 5.56 Å². The molecule has 5 aliphatic rings. The van der Waals surface area contributed by atoms with Crippen LogP contribution in [-0.2, 0) is 16.0 Å². The molecule has 0 spiro atoms. The highest BCUT2D eigenvalue weighted by Gasteiger charge is 2.53. The molecule has 0 radical (unpaired) electrons. The number of rotatable bonds is 2. The van der Waals surface area contributed by atoms with Gasteiger partial charge in [-0.15, -0.1) is 0 Å². The summed E-state index contributed by atoms with van der Waals surface area (Å²) in [5.41, 5.74) is 0.419. The second-order valence-corrected chi connectivity index (χ2v) is 9.29. The minimum Gasteiger partial charge on any atom is -0.445 e. The fourth-order valence-electron chi connectivity index (χ4n) is 6.69. The Bertz CT molecular complexity index is 744. The summed E-state index contributed by atoms with van der Waals surface area (Å²) >= 11 is 0. The molecule has 6 rings (SSSR count). The zero-order valence-corrected chi connectivity index (χ0v) is 15.6. The molecule has 4 fully saturated rings. The Labute approximate surface area is 154 Å². The predicted octanol–water partition coefficient (Wildman–Crippen LogP) is 3.44. The van der Waals surface area contributed by atoms with Crippen molar-refractivity contribution in [3.8, 4) is 0 Å². The number of carbonyl (C=O) groups is 2. The number of esters is 1. The van der Waals surface area contributed by atoms with Crippen LogP contribution in [0.2, 0.25) is 0 Å². The first kappa shape index (κ1) is 16.3. The van der Waals surface area contributed by atoms with Crippen LogP contribution in [0.3, 0.4) is 0 Å². The second kappa shape index (κ2) is 5.58. The van der Waals surface area contributed by atoms with Crippen molar-refractivity contribution in [3.63, 3.8) is 0 Å². The molecule has 1 aromatic rings. The molecule has 4 saturated carbocycles. The van der Waals surface area contributed by atoms with Crippen molar-refractivity contribution in [1.82, 2.24) is 4.90 Å². The van der Waals surface area contributed by atoms with Crippen molar-refractivity contribution in [2.75, 3.05) is 7.05 Å². The van der Waals surface area contributed by atoms with E-state index in [0.29, 0.717) is 29.9 Å². The topological polar surface area (TPSA) is 46.6 Å². The third kappa shape index (κ3) is 2.34. The number of hydrogen-bond acceptors (Lipinski definition) is 3. The maximum absolute atomic E-state index is 13.4. The number of carbonyl (C=O) groups excluding carboxylic acids is 2. The van der Waals surface area contributed by atoms with Gasteiger partial charge in [0.1, 0.15) is 0 Å². The van der Waals surface area contributed by atoms with E-state index in [9.17, 15) is 9.59 Å². The summed E-state index contributed by atoms with van der Waals surface area (Å²) in [6, 6.07) is 7.80. The molecule has 4 aliphatic carbocycles. The van der Waals surface area contributed by atoms with Gasteiger partial charge in [0.25, 0.3) is 5.91 Å². The highest BCUT2D eigenvalue weighted by molar-refractivity contribution is 5.97. The Morgan fingerprint density at radius 2 is 1.69 bits per heavy atom. The summed E-state index contributed by atoms with van der Waals surface area (Å²) in [5.74, 6) is 2.63.